The van der Waals surface area contributed by atoms with Gasteiger partial charge in [-0.1, -0.05) is 30.3 Å². The van der Waals surface area contributed by atoms with Crippen molar-refractivity contribution in [3.8, 4) is 5.75 Å². The Kier molecular flexibility index (Phi) is 3.79. The van der Waals surface area contributed by atoms with E-state index in [-0.39, 0.29) is 19.0 Å². The van der Waals surface area contributed by atoms with Crippen molar-refractivity contribution >= 4 is 10.9 Å². The van der Waals surface area contributed by atoms with Crippen LogP contribution < -0.4 is 4.74 Å². The molecule has 0 spiro atoms. The number of hydrogen-bond acceptors (Lipinski definition) is 3. The molecule has 106 valence electrons. The van der Waals surface area contributed by atoms with Crippen molar-refractivity contribution in [3.63, 3.8) is 0 Å². The fourth-order valence-electron chi connectivity index (χ4n) is 2.20. The highest BCUT2D eigenvalue weighted by Crippen LogP contribution is 2.22. The highest BCUT2D eigenvalue weighted by Gasteiger charge is 2.07. The minimum Gasteiger partial charge on any atom is -0.486 e. The van der Waals surface area contributed by atoms with Crippen molar-refractivity contribution in [2.45, 2.75) is 13.2 Å². The van der Waals surface area contributed by atoms with Crippen molar-refractivity contribution in [2.75, 3.05) is 0 Å². The summed E-state index contributed by atoms with van der Waals surface area (Å²) in [4.78, 5) is 4.34. The quantitative estimate of drug-likeness (QED) is 0.797. The van der Waals surface area contributed by atoms with Crippen LogP contribution in [0.5, 0.6) is 5.75 Å². The minimum absolute atomic E-state index is 0.167. The molecule has 0 unspecified atom stereocenters. The van der Waals surface area contributed by atoms with E-state index in [9.17, 15) is 4.39 Å². The van der Waals surface area contributed by atoms with Crippen molar-refractivity contribution < 1.29 is 14.2 Å². The Labute approximate surface area is 121 Å². The van der Waals surface area contributed by atoms with E-state index in [1.54, 1.807) is 12.3 Å². The molecule has 0 saturated carbocycles. The fourth-order valence-corrected chi connectivity index (χ4v) is 2.20. The number of pyridine rings is 1. The lowest BCUT2D eigenvalue weighted by Gasteiger charge is -2.10. The molecule has 0 amide bonds. The highest BCUT2D eigenvalue weighted by molar-refractivity contribution is 5.81. The molecule has 4 heteroatoms. The number of hydrogen-bond donors (Lipinski definition) is 1. The molecule has 3 nitrogen and oxygen atoms in total. The number of nitrogens with zero attached hydrogens (tertiary/aromatic N) is 1. The van der Waals surface area contributed by atoms with Crippen LogP contribution in [0.15, 0.2) is 54.7 Å². The smallest absolute Gasteiger partial charge is 0.165 e. The number of aromatic nitrogens is 1. The van der Waals surface area contributed by atoms with Crippen LogP contribution in [0.1, 0.15) is 11.1 Å². The molecule has 0 aliphatic rings. The van der Waals surface area contributed by atoms with E-state index < -0.39 is 5.82 Å². The third kappa shape index (κ3) is 2.85. The first kappa shape index (κ1) is 13.5. The van der Waals surface area contributed by atoms with Crippen LogP contribution in [0.2, 0.25) is 0 Å². The molecule has 0 fully saturated rings. The Hall–Kier alpha value is -2.46. The van der Waals surface area contributed by atoms with Crippen molar-refractivity contribution in [1.29, 1.82) is 0 Å². The average molecular weight is 283 g/mol. The van der Waals surface area contributed by atoms with Crippen LogP contribution in [-0.2, 0) is 13.2 Å². The Morgan fingerprint density at radius 3 is 2.76 bits per heavy atom. The first-order valence-corrected chi connectivity index (χ1v) is 6.62. The maximum atomic E-state index is 13.8. The van der Waals surface area contributed by atoms with E-state index in [2.05, 4.69) is 4.98 Å². The molecule has 0 aliphatic carbocycles. The predicted octanol–water partition coefficient (Wildman–Crippen LogP) is 3.45. The number of halogens is 1. The summed E-state index contributed by atoms with van der Waals surface area (Å²) in [5, 5.41) is 9.99. The zero-order valence-electron chi connectivity index (χ0n) is 11.3. The summed E-state index contributed by atoms with van der Waals surface area (Å²) in [5.41, 5.74) is 2.28. The Morgan fingerprint density at radius 2 is 1.95 bits per heavy atom. The zero-order chi connectivity index (χ0) is 14.7. The van der Waals surface area contributed by atoms with E-state index in [1.165, 1.54) is 12.1 Å². The van der Waals surface area contributed by atoms with Crippen LogP contribution in [0, 0.1) is 5.82 Å². The lowest BCUT2D eigenvalue weighted by atomic mass is 10.1. The minimum atomic E-state index is -0.477. The van der Waals surface area contributed by atoms with Crippen molar-refractivity contribution in [2.24, 2.45) is 0 Å². The number of fused-ring (bicyclic) bond motifs is 1. The first-order chi connectivity index (χ1) is 10.3. The van der Waals surface area contributed by atoms with E-state index in [0.29, 0.717) is 5.56 Å². The summed E-state index contributed by atoms with van der Waals surface area (Å²) < 4.78 is 19.3. The monoisotopic (exact) mass is 283 g/mol. The lowest BCUT2D eigenvalue weighted by molar-refractivity contribution is 0.277. The third-order valence-corrected chi connectivity index (χ3v) is 3.28. The van der Waals surface area contributed by atoms with Crippen LogP contribution in [0.3, 0.4) is 0 Å². The van der Waals surface area contributed by atoms with Gasteiger partial charge in [0.25, 0.3) is 0 Å². The maximum Gasteiger partial charge on any atom is 0.165 e. The second-order valence-corrected chi connectivity index (χ2v) is 4.70. The van der Waals surface area contributed by atoms with E-state index >= 15 is 0 Å². The zero-order valence-corrected chi connectivity index (χ0v) is 11.3. The molecule has 2 aromatic carbocycles. The Bertz CT molecular complexity index is 768. The molecule has 1 heterocycles. The van der Waals surface area contributed by atoms with Gasteiger partial charge in [0.05, 0.1) is 12.1 Å². The van der Waals surface area contributed by atoms with Gasteiger partial charge in [-0.15, -0.1) is 0 Å². The number of para-hydroxylation sites is 1. The summed E-state index contributed by atoms with van der Waals surface area (Å²) >= 11 is 0. The molecule has 1 aromatic heterocycles. The standard InChI is InChI=1S/C17H14FNO2/c18-15-9-12(10-20)6-7-16(15)21-11-14-4-1-3-13-5-2-8-19-17(13)14/h1-9,20H,10-11H2. The van der Waals surface area contributed by atoms with Crippen LogP contribution in [0.25, 0.3) is 10.9 Å². The predicted molar refractivity (Wildman–Crippen MR) is 78.4 cm³/mol. The molecule has 3 aromatic rings. The topological polar surface area (TPSA) is 42.4 Å². The molecule has 0 bridgehead atoms. The molecule has 0 saturated heterocycles. The van der Waals surface area contributed by atoms with Gasteiger partial charge >= 0.3 is 0 Å². The molecular weight excluding hydrogens is 269 g/mol. The number of benzene rings is 2. The van der Waals surface area contributed by atoms with Crippen LogP contribution in [-0.4, -0.2) is 10.1 Å². The number of rotatable bonds is 4. The molecule has 1 N–H and O–H groups in total. The van der Waals surface area contributed by atoms with Gasteiger partial charge in [-0.3, -0.25) is 4.98 Å². The first-order valence-electron chi connectivity index (χ1n) is 6.62. The third-order valence-electron chi connectivity index (χ3n) is 3.28. The Morgan fingerprint density at radius 1 is 1.10 bits per heavy atom. The van der Waals surface area contributed by atoms with Crippen molar-refractivity contribution in [1.82, 2.24) is 4.98 Å². The van der Waals surface area contributed by atoms with Crippen molar-refractivity contribution in [3.05, 3.63) is 71.7 Å². The number of aliphatic hydroxyl groups excluding tert-OH is 1. The molecule has 0 radical (unpaired) electrons. The second-order valence-electron chi connectivity index (χ2n) is 4.70. The molecular formula is C17H14FNO2. The van der Waals surface area contributed by atoms with E-state index in [1.807, 2.05) is 30.3 Å². The maximum absolute atomic E-state index is 13.8. The SMILES string of the molecule is OCc1ccc(OCc2cccc3cccnc23)c(F)c1. The summed E-state index contributed by atoms with van der Waals surface area (Å²) in [5.74, 6) is -0.310. The average Bonchev–Trinajstić information content (AvgIpc) is 2.53. The highest BCUT2D eigenvalue weighted by atomic mass is 19.1. The fraction of sp³-hybridized carbons (Fsp3) is 0.118. The van der Waals surface area contributed by atoms with Gasteiger partial charge in [-0.25, -0.2) is 4.39 Å². The number of aliphatic hydroxyl groups is 1. The van der Waals surface area contributed by atoms with Gasteiger partial charge in [0.15, 0.2) is 11.6 Å². The lowest BCUT2D eigenvalue weighted by Crippen LogP contribution is -1.99. The molecule has 0 atom stereocenters. The van der Waals surface area contributed by atoms with Gasteiger partial charge in [0.1, 0.15) is 6.61 Å². The van der Waals surface area contributed by atoms with Gasteiger partial charge in [-0.2, -0.15) is 0 Å². The van der Waals surface area contributed by atoms with E-state index in [4.69, 9.17) is 9.84 Å². The molecule has 3 rings (SSSR count). The molecule has 0 aliphatic heterocycles. The number of ether oxygens (including phenoxy) is 1. The van der Waals surface area contributed by atoms with Crippen LogP contribution >= 0.6 is 0 Å². The molecule has 21 heavy (non-hydrogen) atoms. The largest absolute Gasteiger partial charge is 0.486 e. The van der Waals surface area contributed by atoms with Gasteiger partial charge in [0, 0.05) is 17.1 Å². The van der Waals surface area contributed by atoms with Gasteiger partial charge in [-0.05, 0) is 23.8 Å². The second kappa shape index (κ2) is 5.89. The summed E-state index contributed by atoms with van der Waals surface area (Å²) in [6.07, 6.45) is 1.72. The van der Waals surface area contributed by atoms with Gasteiger partial charge < -0.3 is 9.84 Å². The Balaban J connectivity index is 1.84. The summed E-state index contributed by atoms with van der Waals surface area (Å²) in [6, 6.07) is 14.1. The normalized spacial score (nSPS) is 10.8. The van der Waals surface area contributed by atoms with Gasteiger partial charge in [0.2, 0.25) is 0 Å². The summed E-state index contributed by atoms with van der Waals surface area (Å²) in [6.45, 7) is 0.0498. The van der Waals surface area contributed by atoms with Crippen LogP contribution in [0.4, 0.5) is 4.39 Å². The summed E-state index contributed by atoms with van der Waals surface area (Å²) in [7, 11) is 0. The van der Waals surface area contributed by atoms with E-state index in [0.717, 1.165) is 16.5 Å².